The van der Waals surface area contributed by atoms with Crippen molar-refractivity contribution in [3.8, 4) is 0 Å². The van der Waals surface area contributed by atoms with E-state index in [9.17, 15) is 14.0 Å². The summed E-state index contributed by atoms with van der Waals surface area (Å²) >= 11 is 5.72. The van der Waals surface area contributed by atoms with E-state index in [1.807, 2.05) is 24.3 Å². The first-order valence-corrected chi connectivity index (χ1v) is 9.20. The summed E-state index contributed by atoms with van der Waals surface area (Å²) in [7, 11) is 0. The first-order valence-electron chi connectivity index (χ1n) is 8.82. The van der Waals surface area contributed by atoms with Crippen molar-refractivity contribution in [2.75, 3.05) is 34.8 Å². The van der Waals surface area contributed by atoms with Gasteiger partial charge in [-0.1, -0.05) is 11.6 Å². The highest BCUT2D eigenvalue weighted by Gasteiger charge is 2.18. The molecule has 0 radical (unpaired) electrons. The lowest BCUT2D eigenvalue weighted by atomic mass is 10.2. The molecule has 0 saturated carbocycles. The Morgan fingerprint density at radius 3 is 2.41 bits per heavy atom. The van der Waals surface area contributed by atoms with Crippen LogP contribution < -0.4 is 15.1 Å². The minimum Gasteiger partial charge on any atom is -0.372 e. The van der Waals surface area contributed by atoms with Crippen LogP contribution in [0.15, 0.2) is 42.5 Å². The first kappa shape index (κ1) is 19.2. The monoisotopic (exact) mass is 389 g/mol. The Morgan fingerprint density at radius 2 is 1.81 bits per heavy atom. The summed E-state index contributed by atoms with van der Waals surface area (Å²) in [6.45, 7) is 3.35. The van der Waals surface area contributed by atoms with Crippen LogP contribution >= 0.6 is 11.6 Å². The molecule has 0 aliphatic carbocycles. The van der Waals surface area contributed by atoms with Gasteiger partial charge in [-0.3, -0.25) is 9.59 Å². The molecule has 3 rings (SSSR count). The van der Waals surface area contributed by atoms with E-state index < -0.39 is 11.7 Å². The van der Waals surface area contributed by atoms with Crippen LogP contribution in [0.4, 0.5) is 21.5 Å². The zero-order valence-electron chi connectivity index (χ0n) is 15.0. The van der Waals surface area contributed by atoms with E-state index in [-0.39, 0.29) is 17.5 Å². The summed E-state index contributed by atoms with van der Waals surface area (Å²) in [4.78, 5) is 28.1. The molecule has 1 saturated heterocycles. The van der Waals surface area contributed by atoms with Crippen LogP contribution in [0.3, 0.4) is 0 Å². The largest absolute Gasteiger partial charge is 0.372 e. The average molecular weight is 390 g/mol. The molecular formula is C20H21ClFN3O2. The Bertz CT molecular complexity index is 836. The highest BCUT2D eigenvalue weighted by atomic mass is 35.5. The molecule has 5 nitrogen and oxygen atoms in total. The fraction of sp³-hybridized carbons (Fsp3) is 0.300. The molecule has 2 aromatic carbocycles. The molecule has 7 heteroatoms. The van der Waals surface area contributed by atoms with Crippen LogP contribution in [0.5, 0.6) is 0 Å². The molecule has 0 atom stereocenters. The van der Waals surface area contributed by atoms with Crippen LogP contribution in [0.1, 0.15) is 19.8 Å². The molecule has 1 N–H and O–H groups in total. The summed E-state index contributed by atoms with van der Waals surface area (Å²) in [6.07, 6.45) is 2.38. The van der Waals surface area contributed by atoms with E-state index in [1.165, 1.54) is 42.9 Å². The topological polar surface area (TPSA) is 52.7 Å². The molecule has 1 aliphatic heterocycles. The van der Waals surface area contributed by atoms with E-state index >= 15 is 0 Å². The number of carbonyl (C=O) groups excluding carboxylic acids is 2. The molecule has 1 fully saturated rings. The summed E-state index contributed by atoms with van der Waals surface area (Å²) in [5, 5.41) is 2.55. The maximum Gasteiger partial charge on any atom is 0.244 e. The van der Waals surface area contributed by atoms with Gasteiger partial charge in [0.15, 0.2) is 0 Å². The van der Waals surface area contributed by atoms with Crippen molar-refractivity contribution in [1.82, 2.24) is 0 Å². The van der Waals surface area contributed by atoms with E-state index in [0.717, 1.165) is 18.8 Å². The molecule has 0 unspecified atom stereocenters. The third-order valence-corrected chi connectivity index (χ3v) is 4.81. The van der Waals surface area contributed by atoms with E-state index in [4.69, 9.17) is 11.6 Å². The Morgan fingerprint density at radius 1 is 1.15 bits per heavy atom. The lowest BCUT2D eigenvalue weighted by molar-refractivity contribution is -0.120. The number of hydrogen-bond donors (Lipinski definition) is 1. The number of nitrogens with zero attached hydrogens (tertiary/aromatic N) is 2. The minimum atomic E-state index is -0.557. The van der Waals surface area contributed by atoms with Crippen LogP contribution in [0.25, 0.3) is 0 Å². The second kappa shape index (κ2) is 8.39. The Kier molecular flexibility index (Phi) is 5.96. The zero-order valence-corrected chi connectivity index (χ0v) is 15.8. The number of carbonyl (C=O) groups is 2. The normalized spacial score (nSPS) is 13.5. The van der Waals surface area contributed by atoms with Gasteiger partial charge in [0.25, 0.3) is 0 Å². The molecule has 2 aromatic rings. The smallest absolute Gasteiger partial charge is 0.244 e. The Labute approximate surface area is 162 Å². The zero-order chi connectivity index (χ0) is 19.4. The maximum atomic E-state index is 13.2. The molecule has 0 bridgehead atoms. The fourth-order valence-corrected chi connectivity index (χ4v) is 3.30. The molecule has 2 amide bonds. The van der Waals surface area contributed by atoms with E-state index in [1.54, 1.807) is 0 Å². The van der Waals surface area contributed by atoms with Gasteiger partial charge in [-0.2, -0.15) is 0 Å². The molecule has 27 heavy (non-hydrogen) atoms. The Balaban J connectivity index is 1.68. The summed E-state index contributed by atoms with van der Waals surface area (Å²) in [5.41, 5.74) is 2.14. The number of amides is 2. The lowest BCUT2D eigenvalue weighted by Crippen LogP contribution is -2.36. The van der Waals surface area contributed by atoms with Gasteiger partial charge in [0.05, 0.1) is 5.02 Å². The highest BCUT2D eigenvalue weighted by molar-refractivity contribution is 6.31. The molecule has 0 aromatic heterocycles. The predicted molar refractivity (Wildman–Crippen MR) is 106 cm³/mol. The van der Waals surface area contributed by atoms with Crippen molar-refractivity contribution in [1.29, 1.82) is 0 Å². The molecule has 1 heterocycles. The van der Waals surface area contributed by atoms with Crippen LogP contribution in [-0.4, -0.2) is 31.4 Å². The molecule has 0 spiro atoms. The van der Waals surface area contributed by atoms with Crippen LogP contribution in [0.2, 0.25) is 5.02 Å². The van der Waals surface area contributed by atoms with Crippen molar-refractivity contribution in [2.45, 2.75) is 19.8 Å². The predicted octanol–water partition coefficient (Wildman–Crippen LogP) is 4.07. The second-order valence-corrected chi connectivity index (χ2v) is 6.90. The SMILES string of the molecule is CC(=O)N(CC(=O)Nc1ccc(F)c(Cl)c1)c1ccc(N2CCCC2)cc1. The van der Waals surface area contributed by atoms with E-state index in [2.05, 4.69) is 10.2 Å². The third-order valence-electron chi connectivity index (χ3n) is 4.52. The maximum absolute atomic E-state index is 13.2. The van der Waals surface area contributed by atoms with Crippen molar-refractivity contribution in [3.63, 3.8) is 0 Å². The van der Waals surface area contributed by atoms with Gasteiger partial charge in [-0.15, -0.1) is 0 Å². The van der Waals surface area contributed by atoms with E-state index in [0.29, 0.717) is 11.4 Å². The van der Waals surface area contributed by atoms with Gasteiger partial charge < -0.3 is 15.1 Å². The molecule has 142 valence electrons. The number of nitrogens with one attached hydrogen (secondary N) is 1. The summed E-state index contributed by atoms with van der Waals surface area (Å²) in [5.74, 6) is -1.19. The molecule has 1 aliphatic rings. The number of benzene rings is 2. The lowest BCUT2D eigenvalue weighted by Gasteiger charge is -2.23. The number of halogens is 2. The quantitative estimate of drug-likeness (QED) is 0.838. The third kappa shape index (κ3) is 4.77. The number of anilines is 3. The second-order valence-electron chi connectivity index (χ2n) is 6.49. The molecular weight excluding hydrogens is 369 g/mol. The van der Waals surface area contributed by atoms with Gasteiger partial charge in [0.2, 0.25) is 11.8 Å². The van der Waals surface area contributed by atoms with Gasteiger partial charge >= 0.3 is 0 Å². The Hall–Kier alpha value is -2.60. The van der Waals surface area contributed by atoms with Crippen LogP contribution in [0, 0.1) is 5.82 Å². The van der Waals surface area contributed by atoms with Gasteiger partial charge in [0, 0.05) is 37.1 Å². The van der Waals surface area contributed by atoms with Crippen LogP contribution in [-0.2, 0) is 9.59 Å². The van der Waals surface area contributed by atoms with Gasteiger partial charge in [-0.05, 0) is 55.3 Å². The van der Waals surface area contributed by atoms with Crippen molar-refractivity contribution < 1.29 is 14.0 Å². The van der Waals surface area contributed by atoms with Gasteiger partial charge in [-0.25, -0.2) is 4.39 Å². The number of rotatable bonds is 5. The van der Waals surface area contributed by atoms with Crippen molar-refractivity contribution in [3.05, 3.63) is 53.3 Å². The average Bonchev–Trinajstić information content (AvgIpc) is 3.17. The van der Waals surface area contributed by atoms with Gasteiger partial charge in [0.1, 0.15) is 12.4 Å². The standard InChI is InChI=1S/C20H21ClFN3O2/c1-14(26)25(13-20(27)23-15-4-9-19(22)18(21)12-15)17-7-5-16(6-8-17)24-10-2-3-11-24/h4-9,12H,2-3,10-11,13H2,1H3,(H,23,27). The first-order chi connectivity index (χ1) is 12.9. The highest BCUT2D eigenvalue weighted by Crippen LogP contribution is 2.24. The van der Waals surface area contributed by atoms with Crippen molar-refractivity contribution >= 4 is 40.5 Å². The summed E-state index contributed by atoms with van der Waals surface area (Å²) < 4.78 is 13.2. The fourth-order valence-electron chi connectivity index (χ4n) is 3.12. The van der Waals surface area contributed by atoms with Crippen molar-refractivity contribution in [2.24, 2.45) is 0 Å². The summed E-state index contributed by atoms with van der Waals surface area (Å²) in [6, 6.07) is 11.5. The number of hydrogen-bond acceptors (Lipinski definition) is 3. The minimum absolute atomic E-state index is 0.0753.